The Kier molecular flexibility index (Phi) is 5.77. The summed E-state index contributed by atoms with van der Waals surface area (Å²) in [5.74, 6) is 0. The molecule has 0 spiro atoms. The first-order valence-corrected chi connectivity index (χ1v) is 15.2. The smallest absolute Gasteiger partial charge is 0.0563 e. The third-order valence-corrected chi connectivity index (χ3v) is 9.54. The van der Waals surface area contributed by atoms with Crippen LogP contribution < -0.4 is 0 Å². The van der Waals surface area contributed by atoms with Gasteiger partial charge in [-0.3, -0.25) is 0 Å². The van der Waals surface area contributed by atoms with Gasteiger partial charge < -0.3 is 9.13 Å². The van der Waals surface area contributed by atoms with Crippen LogP contribution in [0.25, 0.3) is 40.4 Å². The lowest BCUT2D eigenvalue weighted by molar-refractivity contribution is 0.596. The van der Waals surface area contributed by atoms with Gasteiger partial charge in [0.2, 0.25) is 0 Å². The highest BCUT2D eigenvalue weighted by molar-refractivity contribution is 5.91. The lowest BCUT2D eigenvalue weighted by Crippen LogP contribution is -2.14. The highest BCUT2D eigenvalue weighted by atomic mass is 15.0. The average Bonchev–Trinajstić information content (AvgIpc) is 3.38. The fraction of sp³-hybridized carbons (Fsp3) is 0.231. The van der Waals surface area contributed by atoms with Crippen molar-refractivity contribution < 1.29 is 0 Å². The van der Waals surface area contributed by atoms with Crippen LogP contribution in [0, 0.1) is 6.92 Å². The molecule has 1 unspecified atom stereocenters. The number of fused-ring (bicyclic) bond motifs is 6. The van der Waals surface area contributed by atoms with E-state index in [1.807, 2.05) is 0 Å². The Hall–Kier alpha value is -4.30. The highest BCUT2D eigenvalue weighted by Crippen LogP contribution is 2.41. The number of para-hydroxylation sites is 1. The summed E-state index contributed by atoms with van der Waals surface area (Å²) in [6.45, 7) is 4.58. The first-order valence-electron chi connectivity index (χ1n) is 15.2. The Labute approximate surface area is 243 Å². The highest BCUT2D eigenvalue weighted by Gasteiger charge is 2.27. The molecule has 4 aromatic rings. The Morgan fingerprint density at radius 1 is 0.756 bits per heavy atom. The number of hydrogen-bond donors (Lipinski definition) is 0. The van der Waals surface area contributed by atoms with Gasteiger partial charge in [-0.2, -0.15) is 0 Å². The molecular formula is C39H36N2. The molecule has 202 valence electrons. The minimum Gasteiger partial charge on any atom is -0.334 e. The van der Waals surface area contributed by atoms with E-state index in [2.05, 4.69) is 126 Å². The predicted molar refractivity (Wildman–Crippen MR) is 174 cm³/mol. The van der Waals surface area contributed by atoms with Crippen molar-refractivity contribution in [3.8, 4) is 5.69 Å². The lowest BCUT2D eigenvalue weighted by Gasteiger charge is -2.26. The quantitative estimate of drug-likeness (QED) is 0.248. The predicted octanol–water partition coefficient (Wildman–Crippen LogP) is 9.76. The molecule has 2 heteroatoms. The maximum Gasteiger partial charge on any atom is 0.0563 e. The standard InChI is InChI=1S/C39H36N2/c1-26-24-28(40-36-16-5-3-4-12-32(36)33-13-6-9-17-37(33)40)20-22-30(26)31-23-21-29(25-27(31)2)41-38-18-10-7-14-34(38)35-15-8-11-19-39(35)41/h3-5,7,9-11,14,16-19,21-25,28H,6,8,12-13,15,20H2,1-2H3. The molecule has 0 bridgehead atoms. The second-order valence-electron chi connectivity index (χ2n) is 12.0. The fourth-order valence-corrected chi connectivity index (χ4v) is 7.69. The Morgan fingerprint density at radius 3 is 2.41 bits per heavy atom. The molecule has 0 radical (unpaired) electrons. The van der Waals surface area contributed by atoms with Crippen LogP contribution in [0.1, 0.15) is 77.1 Å². The van der Waals surface area contributed by atoms with Crippen LogP contribution >= 0.6 is 0 Å². The second kappa shape index (κ2) is 9.66. The number of nitrogens with zero attached hydrogens (tertiary/aromatic N) is 2. The normalized spacial score (nSPS) is 19.0. The van der Waals surface area contributed by atoms with Crippen LogP contribution in [0.15, 0.2) is 90.6 Å². The monoisotopic (exact) mass is 532 g/mol. The van der Waals surface area contributed by atoms with Gasteiger partial charge >= 0.3 is 0 Å². The summed E-state index contributed by atoms with van der Waals surface area (Å²) < 4.78 is 5.08. The minimum atomic E-state index is 0.339. The van der Waals surface area contributed by atoms with Crippen molar-refractivity contribution >= 4 is 34.7 Å². The van der Waals surface area contributed by atoms with Crippen molar-refractivity contribution in [2.24, 2.45) is 0 Å². The molecule has 0 saturated carbocycles. The zero-order chi connectivity index (χ0) is 27.5. The van der Waals surface area contributed by atoms with Gasteiger partial charge in [-0.05, 0) is 128 Å². The maximum absolute atomic E-state index is 2.62. The van der Waals surface area contributed by atoms with Gasteiger partial charge in [0.15, 0.2) is 0 Å². The average molecular weight is 533 g/mol. The van der Waals surface area contributed by atoms with Gasteiger partial charge in [-0.15, -0.1) is 0 Å². The van der Waals surface area contributed by atoms with Crippen LogP contribution in [-0.2, 0) is 19.3 Å². The zero-order valence-corrected chi connectivity index (χ0v) is 24.0. The van der Waals surface area contributed by atoms with E-state index in [0.29, 0.717) is 6.04 Å². The van der Waals surface area contributed by atoms with Crippen molar-refractivity contribution in [1.29, 1.82) is 0 Å². The van der Waals surface area contributed by atoms with Gasteiger partial charge in [0.25, 0.3) is 0 Å². The van der Waals surface area contributed by atoms with Crippen LogP contribution in [0.4, 0.5) is 0 Å². The van der Waals surface area contributed by atoms with E-state index in [1.165, 1.54) is 67.1 Å². The summed E-state index contributed by atoms with van der Waals surface area (Å²) >= 11 is 0. The van der Waals surface area contributed by atoms with E-state index in [4.69, 9.17) is 0 Å². The Morgan fingerprint density at radius 2 is 1.56 bits per heavy atom. The maximum atomic E-state index is 2.62. The molecule has 0 amide bonds. The Bertz CT molecular complexity index is 1910. The lowest BCUT2D eigenvalue weighted by atomic mass is 9.88. The molecule has 4 aliphatic rings. The third kappa shape index (κ3) is 3.84. The van der Waals surface area contributed by atoms with Crippen LogP contribution in [-0.4, -0.2) is 9.13 Å². The molecule has 0 fully saturated rings. The molecule has 0 aliphatic heterocycles. The number of aryl methyl sites for hydroxylation is 2. The van der Waals surface area contributed by atoms with Gasteiger partial charge in [-0.25, -0.2) is 0 Å². The molecule has 4 aliphatic carbocycles. The number of allylic oxidation sites excluding steroid dienone is 9. The summed E-state index contributed by atoms with van der Waals surface area (Å²) in [5, 5.41) is 1.39. The summed E-state index contributed by atoms with van der Waals surface area (Å²) in [6, 6.07) is 16.3. The number of benzene rings is 2. The van der Waals surface area contributed by atoms with Crippen LogP contribution in [0.5, 0.6) is 0 Å². The van der Waals surface area contributed by atoms with Gasteiger partial charge in [-0.1, -0.05) is 66.8 Å². The van der Waals surface area contributed by atoms with Crippen LogP contribution in [0.3, 0.4) is 0 Å². The number of aromatic nitrogens is 2. The Balaban J connectivity index is 1.16. The number of hydrogen-bond acceptors (Lipinski definition) is 0. The van der Waals surface area contributed by atoms with Crippen molar-refractivity contribution in [3.05, 3.63) is 135 Å². The summed E-state index contributed by atoms with van der Waals surface area (Å²) in [4.78, 5) is 0. The topological polar surface area (TPSA) is 9.86 Å². The van der Waals surface area contributed by atoms with E-state index in [9.17, 15) is 0 Å². The first kappa shape index (κ1) is 24.5. The summed E-state index contributed by atoms with van der Waals surface area (Å²) in [5.41, 5.74) is 16.7. The van der Waals surface area contributed by atoms with Crippen molar-refractivity contribution in [2.75, 3.05) is 0 Å². The molecule has 2 nitrogen and oxygen atoms in total. The number of rotatable bonds is 3. The van der Waals surface area contributed by atoms with E-state index < -0.39 is 0 Å². The van der Waals surface area contributed by atoms with Crippen molar-refractivity contribution in [3.63, 3.8) is 0 Å². The SMILES string of the molecule is CC1=CC(n2c3c(c4c2C=CCC4)CC=CC=C3)CC=C1c1ccc(-n2c3c(c4ccccc42)CCC=C3)cc1C. The first-order chi connectivity index (χ1) is 20.2. The third-order valence-electron chi connectivity index (χ3n) is 9.54. The molecule has 2 aromatic carbocycles. The molecule has 0 saturated heterocycles. The van der Waals surface area contributed by atoms with E-state index >= 15 is 0 Å². The largest absolute Gasteiger partial charge is 0.334 e. The summed E-state index contributed by atoms with van der Waals surface area (Å²) in [7, 11) is 0. The van der Waals surface area contributed by atoms with Gasteiger partial charge in [0, 0.05) is 28.2 Å². The van der Waals surface area contributed by atoms with Crippen LogP contribution in [0.2, 0.25) is 0 Å². The molecule has 41 heavy (non-hydrogen) atoms. The van der Waals surface area contributed by atoms with Crippen molar-refractivity contribution in [1.82, 2.24) is 9.13 Å². The second-order valence-corrected chi connectivity index (χ2v) is 12.0. The van der Waals surface area contributed by atoms with E-state index in [-0.39, 0.29) is 0 Å². The molecule has 2 aromatic heterocycles. The fourth-order valence-electron chi connectivity index (χ4n) is 7.69. The molecule has 2 heterocycles. The van der Waals surface area contributed by atoms with Gasteiger partial charge in [0.05, 0.1) is 11.6 Å². The van der Waals surface area contributed by atoms with E-state index in [0.717, 1.165) is 38.5 Å². The molecule has 0 N–H and O–H groups in total. The minimum absolute atomic E-state index is 0.339. The molecule has 1 atom stereocenters. The summed E-state index contributed by atoms with van der Waals surface area (Å²) in [6.07, 6.45) is 30.0. The molecular weight excluding hydrogens is 496 g/mol. The molecule has 8 rings (SSSR count). The van der Waals surface area contributed by atoms with Gasteiger partial charge in [0.1, 0.15) is 0 Å². The van der Waals surface area contributed by atoms with Crippen molar-refractivity contribution in [2.45, 2.75) is 58.4 Å². The van der Waals surface area contributed by atoms with E-state index in [1.54, 1.807) is 5.56 Å². The zero-order valence-electron chi connectivity index (χ0n) is 24.0.